The van der Waals surface area contributed by atoms with Gasteiger partial charge in [0.05, 0.1) is 12.1 Å². The van der Waals surface area contributed by atoms with Gasteiger partial charge in [-0.2, -0.15) is 5.10 Å². The number of benzene rings is 1. The number of aromatic nitrogens is 2. The summed E-state index contributed by atoms with van der Waals surface area (Å²) >= 11 is 0. The number of nitrogens with zero attached hydrogens (tertiary/aromatic N) is 3. The number of amides is 1. The molecule has 5 heteroatoms. The predicted molar refractivity (Wildman–Crippen MR) is 102 cm³/mol. The number of aryl methyl sites for hydroxylation is 2. The SMILES string of the molecule is CCc1ccc(CN(C(=O)[C@H]2CNC[C@@H]2c2cnn(C)c2)C2CC2)cc1. The summed E-state index contributed by atoms with van der Waals surface area (Å²) in [5.74, 6) is 0.528. The zero-order valence-corrected chi connectivity index (χ0v) is 15.7. The molecule has 2 atom stereocenters. The average molecular weight is 352 g/mol. The molecule has 5 nitrogen and oxygen atoms in total. The molecule has 0 unspecified atom stereocenters. The van der Waals surface area contributed by atoms with Crippen molar-refractivity contribution in [2.75, 3.05) is 13.1 Å². The molecular formula is C21H28N4O. The lowest BCUT2D eigenvalue weighted by atomic mass is 9.89. The maximum absolute atomic E-state index is 13.4. The molecule has 138 valence electrons. The molecule has 4 rings (SSSR count). The molecule has 1 N–H and O–H groups in total. The van der Waals surface area contributed by atoms with E-state index in [1.165, 1.54) is 16.7 Å². The first-order valence-corrected chi connectivity index (χ1v) is 9.73. The molecule has 2 heterocycles. The van der Waals surface area contributed by atoms with E-state index in [-0.39, 0.29) is 11.8 Å². The number of hydrogen-bond acceptors (Lipinski definition) is 3. The summed E-state index contributed by atoms with van der Waals surface area (Å²) in [6, 6.07) is 9.13. The third-order valence-electron chi connectivity index (χ3n) is 5.74. The molecule has 26 heavy (non-hydrogen) atoms. The van der Waals surface area contributed by atoms with Crippen molar-refractivity contribution in [3.05, 3.63) is 53.3 Å². The summed E-state index contributed by atoms with van der Waals surface area (Å²) in [5, 5.41) is 7.71. The number of carbonyl (C=O) groups excluding carboxylic acids is 1. The number of hydrogen-bond donors (Lipinski definition) is 1. The van der Waals surface area contributed by atoms with Crippen molar-refractivity contribution in [3.63, 3.8) is 0 Å². The highest BCUT2D eigenvalue weighted by molar-refractivity contribution is 5.81. The molecule has 0 spiro atoms. The van der Waals surface area contributed by atoms with Crippen LogP contribution in [-0.2, 0) is 24.8 Å². The molecule has 1 aromatic heterocycles. The highest BCUT2D eigenvalue weighted by Gasteiger charge is 2.41. The van der Waals surface area contributed by atoms with Gasteiger partial charge >= 0.3 is 0 Å². The van der Waals surface area contributed by atoms with Crippen LogP contribution in [-0.4, -0.2) is 39.7 Å². The maximum atomic E-state index is 13.4. The van der Waals surface area contributed by atoms with Crippen molar-refractivity contribution < 1.29 is 4.79 Å². The van der Waals surface area contributed by atoms with Gasteiger partial charge in [-0.15, -0.1) is 0 Å². The lowest BCUT2D eigenvalue weighted by Crippen LogP contribution is -2.39. The second kappa shape index (κ2) is 7.23. The molecule has 1 amide bonds. The van der Waals surface area contributed by atoms with E-state index in [1.807, 2.05) is 24.1 Å². The first-order chi connectivity index (χ1) is 12.7. The molecule has 1 aliphatic carbocycles. The predicted octanol–water partition coefficient (Wildman–Crippen LogP) is 2.48. The number of nitrogens with one attached hydrogen (secondary N) is 1. The van der Waals surface area contributed by atoms with Gasteiger partial charge in [-0.3, -0.25) is 9.48 Å². The van der Waals surface area contributed by atoms with Gasteiger partial charge in [0.25, 0.3) is 0 Å². The van der Waals surface area contributed by atoms with Gasteiger partial charge < -0.3 is 10.2 Å². The zero-order chi connectivity index (χ0) is 18.1. The summed E-state index contributed by atoms with van der Waals surface area (Å²) in [5.41, 5.74) is 3.74. The van der Waals surface area contributed by atoms with Crippen molar-refractivity contribution in [2.45, 2.75) is 44.7 Å². The van der Waals surface area contributed by atoms with E-state index in [0.717, 1.165) is 38.9 Å². The van der Waals surface area contributed by atoms with Gasteiger partial charge in [0.1, 0.15) is 0 Å². The molecule has 2 fully saturated rings. The summed E-state index contributed by atoms with van der Waals surface area (Å²) < 4.78 is 1.82. The topological polar surface area (TPSA) is 50.2 Å². The monoisotopic (exact) mass is 352 g/mol. The van der Waals surface area contributed by atoms with Crippen LogP contribution in [0.1, 0.15) is 42.4 Å². The van der Waals surface area contributed by atoms with Crippen LogP contribution in [0.4, 0.5) is 0 Å². The Balaban J connectivity index is 1.51. The van der Waals surface area contributed by atoms with Crippen molar-refractivity contribution in [1.82, 2.24) is 20.0 Å². The van der Waals surface area contributed by atoms with E-state index in [0.29, 0.717) is 11.9 Å². The Kier molecular flexibility index (Phi) is 4.81. The van der Waals surface area contributed by atoms with Crippen molar-refractivity contribution >= 4 is 5.91 Å². The van der Waals surface area contributed by atoms with Crippen LogP contribution in [0.5, 0.6) is 0 Å². The summed E-state index contributed by atoms with van der Waals surface area (Å²) in [6.07, 6.45) is 7.27. The van der Waals surface area contributed by atoms with Crippen LogP contribution in [0.15, 0.2) is 36.7 Å². The van der Waals surface area contributed by atoms with Gasteiger partial charge in [0.2, 0.25) is 5.91 Å². The molecular weight excluding hydrogens is 324 g/mol. The number of rotatable bonds is 6. The Labute approximate surface area is 155 Å². The Morgan fingerprint density at radius 3 is 2.58 bits per heavy atom. The summed E-state index contributed by atoms with van der Waals surface area (Å²) in [7, 11) is 1.93. The van der Waals surface area contributed by atoms with Crippen molar-refractivity contribution in [1.29, 1.82) is 0 Å². The zero-order valence-electron chi connectivity index (χ0n) is 15.7. The quantitative estimate of drug-likeness (QED) is 0.869. The van der Waals surface area contributed by atoms with E-state index >= 15 is 0 Å². The van der Waals surface area contributed by atoms with Gasteiger partial charge in [-0.05, 0) is 36.0 Å². The first kappa shape index (κ1) is 17.3. The molecule has 1 aromatic carbocycles. The van der Waals surface area contributed by atoms with E-state index in [9.17, 15) is 4.79 Å². The fraction of sp³-hybridized carbons (Fsp3) is 0.524. The molecule has 0 bridgehead atoms. The molecule has 1 aliphatic heterocycles. The lowest BCUT2D eigenvalue weighted by Gasteiger charge is -2.28. The molecule has 2 aromatic rings. The fourth-order valence-electron chi connectivity index (χ4n) is 3.98. The Hall–Kier alpha value is -2.14. The highest BCUT2D eigenvalue weighted by atomic mass is 16.2. The largest absolute Gasteiger partial charge is 0.335 e. The standard InChI is InChI=1S/C21H28N4O/c1-3-15-4-6-16(7-5-15)13-25(18-8-9-18)21(26)20-12-22-11-19(20)17-10-23-24(2)14-17/h4-7,10,14,18-20,22H,3,8-9,11-13H2,1-2H3/t19-,20+/m1/s1. The lowest BCUT2D eigenvalue weighted by molar-refractivity contribution is -0.136. The van der Waals surface area contributed by atoms with Crippen LogP contribution in [0.2, 0.25) is 0 Å². The Morgan fingerprint density at radius 1 is 1.23 bits per heavy atom. The third kappa shape index (κ3) is 3.54. The van der Waals surface area contributed by atoms with Crippen LogP contribution in [0.3, 0.4) is 0 Å². The van der Waals surface area contributed by atoms with Crippen molar-refractivity contribution in [2.24, 2.45) is 13.0 Å². The van der Waals surface area contributed by atoms with E-state index < -0.39 is 0 Å². The molecule has 2 aliphatic rings. The third-order valence-corrected chi connectivity index (χ3v) is 5.74. The smallest absolute Gasteiger partial charge is 0.228 e. The molecule has 0 radical (unpaired) electrons. The van der Waals surface area contributed by atoms with Gasteiger partial charge in [0, 0.05) is 44.8 Å². The first-order valence-electron chi connectivity index (χ1n) is 9.73. The summed E-state index contributed by atoms with van der Waals surface area (Å²) in [4.78, 5) is 15.5. The van der Waals surface area contributed by atoms with Crippen molar-refractivity contribution in [3.8, 4) is 0 Å². The minimum Gasteiger partial charge on any atom is -0.335 e. The number of carbonyl (C=O) groups is 1. The van der Waals surface area contributed by atoms with Crippen LogP contribution >= 0.6 is 0 Å². The Morgan fingerprint density at radius 2 is 1.96 bits per heavy atom. The van der Waals surface area contributed by atoms with Gasteiger partial charge in [0.15, 0.2) is 0 Å². The van der Waals surface area contributed by atoms with Gasteiger partial charge in [-0.1, -0.05) is 31.2 Å². The maximum Gasteiger partial charge on any atom is 0.228 e. The van der Waals surface area contributed by atoms with Crippen LogP contribution in [0, 0.1) is 5.92 Å². The molecule has 1 saturated carbocycles. The van der Waals surface area contributed by atoms with Gasteiger partial charge in [-0.25, -0.2) is 0 Å². The second-order valence-electron chi connectivity index (χ2n) is 7.69. The Bertz CT molecular complexity index is 763. The summed E-state index contributed by atoms with van der Waals surface area (Å²) in [6.45, 7) is 4.51. The van der Waals surface area contributed by atoms with E-state index in [2.05, 4.69) is 46.5 Å². The highest BCUT2D eigenvalue weighted by Crippen LogP contribution is 2.35. The second-order valence-corrected chi connectivity index (χ2v) is 7.69. The van der Waals surface area contributed by atoms with E-state index in [1.54, 1.807) is 0 Å². The van der Waals surface area contributed by atoms with Crippen LogP contribution in [0.25, 0.3) is 0 Å². The molecule has 1 saturated heterocycles. The normalized spacial score (nSPS) is 22.5. The minimum atomic E-state index is 0.00900. The minimum absolute atomic E-state index is 0.00900. The average Bonchev–Trinajstić information content (AvgIpc) is 3.21. The van der Waals surface area contributed by atoms with Crippen LogP contribution < -0.4 is 5.32 Å². The van der Waals surface area contributed by atoms with E-state index in [4.69, 9.17) is 0 Å². The fourth-order valence-corrected chi connectivity index (χ4v) is 3.98.